The van der Waals surface area contributed by atoms with E-state index in [2.05, 4.69) is 27.8 Å². The highest BCUT2D eigenvalue weighted by Gasteiger charge is 2.21. The molecule has 0 amide bonds. The number of hydrogen-bond acceptors (Lipinski definition) is 5. The van der Waals surface area contributed by atoms with Crippen molar-refractivity contribution in [1.82, 2.24) is 10.3 Å². The van der Waals surface area contributed by atoms with Crippen LogP contribution < -0.4 is 10.6 Å². The van der Waals surface area contributed by atoms with Gasteiger partial charge >= 0.3 is 0 Å². The van der Waals surface area contributed by atoms with E-state index < -0.39 is 0 Å². The number of rotatable bonds is 7. The Hall–Kier alpha value is -1.95. The number of pyridine rings is 1. The molecule has 2 atom stereocenters. The Balaban J connectivity index is 1.45. The molecule has 0 spiro atoms. The van der Waals surface area contributed by atoms with E-state index in [1.54, 1.807) is 6.20 Å². The minimum absolute atomic E-state index is 0.0935. The summed E-state index contributed by atoms with van der Waals surface area (Å²) in [6.07, 6.45) is 6.39. The van der Waals surface area contributed by atoms with Gasteiger partial charge in [-0.2, -0.15) is 0 Å². The lowest BCUT2D eigenvalue weighted by Gasteiger charge is -2.23. The Labute approximate surface area is 183 Å². The van der Waals surface area contributed by atoms with E-state index in [4.69, 9.17) is 16.3 Å². The fourth-order valence-corrected chi connectivity index (χ4v) is 4.49. The highest BCUT2D eigenvalue weighted by Crippen LogP contribution is 2.30. The first-order chi connectivity index (χ1) is 14.7. The summed E-state index contributed by atoms with van der Waals surface area (Å²) in [5.74, 6) is 0.905. The topological polar surface area (TPSA) is 63.2 Å². The van der Waals surface area contributed by atoms with Crippen LogP contribution in [0.4, 0.5) is 5.69 Å². The second-order valence-corrected chi connectivity index (χ2v) is 8.79. The van der Waals surface area contributed by atoms with Crippen LogP contribution in [0, 0.1) is 11.8 Å². The van der Waals surface area contributed by atoms with Gasteiger partial charge in [0.05, 0.1) is 11.6 Å². The Kier molecular flexibility index (Phi) is 7.37. The Morgan fingerprint density at radius 3 is 3.00 bits per heavy atom. The van der Waals surface area contributed by atoms with Crippen LogP contribution in [0.3, 0.4) is 0 Å². The standard InChI is InChI=1S/C24H30ClN3O2/c25-23-15-28-21(12-24(29)19-6-2-8-26-14-19)11-22(23)18-5-1-7-20(10-18)27-13-17-4-3-9-30-16-17/h1,5,7,10-11,15,17,19,26-27H,2-4,6,8-9,12-14,16H2/t17?,19-/m1/s1. The third kappa shape index (κ3) is 5.60. The largest absolute Gasteiger partial charge is 0.385 e. The summed E-state index contributed by atoms with van der Waals surface area (Å²) in [6, 6.07) is 10.2. The predicted molar refractivity (Wildman–Crippen MR) is 121 cm³/mol. The number of ether oxygens (including phenoxy) is 1. The van der Waals surface area contributed by atoms with Gasteiger partial charge in [0, 0.05) is 55.2 Å². The van der Waals surface area contributed by atoms with Crippen LogP contribution in [0.15, 0.2) is 36.5 Å². The first-order valence-electron chi connectivity index (χ1n) is 11.0. The van der Waals surface area contributed by atoms with Crippen LogP contribution in [-0.4, -0.2) is 43.6 Å². The highest BCUT2D eigenvalue weighted by atomic mass is 35.5. The molecule has 1 unspecified atom stereocenters. The van der Waals surface area contributed by atoms with Gasteiger partial charge in [0.15, 0.2) is 0 Å². The van der Waals surface area contributed by atoms with Gasteiger partial charge in [-0.05, 0) is 61.9 Å². The number of Topliss-reactive ketones (excluding diaryl/α,β-unsaturated/α-hetero) is 1. The molecule has 160 valence electrons. The number of nitrogens with zero attached hydrogens (tertiary/aromatic N) is 1. The maximum Gasteiger partial charge on any atom is 0.143 e. The van der Waals surface area contributed by atoms with Gasteiger partial charge in [-0.15, -0.1) is 0 Å². The van der Waals surface area contributed by atoms with Gasteiger partial charge in [-0.1, -0.05) is 23.7 Å². The number of hydrogen-bond donors (Lipinski definition) is 2. The number of nitrogens with one attached hydrogen (secondary N) is 2. The lowest BCUT2D eigenvalue weighted by molar-refractivity contribution is -0.122. The molecule has 30 heavy (non-hydrogen) atoms. The van der Waals surface area contributed by atoms with Crippen molar-refractivity contribution in [2.75, 3.05) is 38.2 Å². The maximum absolute atomic E-state index is 12.7. The molecule has 2 aromatic rings. The second kappa shape index (κ2) is 10.4. The third-order valence-corrected chi connectivity index (χ3v) is 6.34. The van der Waals surface area contributed by atoms with Gasteiger partial charge in [-0.25, -0.2) is 0 Å². The predicted octanol–water partition coefficient (Wildman–Crippen LogP) is 4.35. The van der Waals surface area contributed by atoms with E-state index in [1.807, 2.05) is 18.2 Å². The monoisotopic (exact) mass is 427 g/mol. The van der Waals surface area contributed by atoms with Crippen molar-refractivity contribution in [3.05, 3.63) is 47.2 Å². The van der Waals surface area contributed by atoms with Gasteiger partial charge in [0.2, 0.25) is 0 Å². The minimum atomic E-state index is 0.0935. The van der Waals surface area contributed by atoms with Crippen molar-refractivity contribution in [3.8, 4) is 11.1 Å². The Bertz CT molecular complexity index is 861. The highest BCUT2D eigenvalue weighted by molar-refractivity contribution is 6.33. The normalized spacial score (nSPS) is 21.9. The van der Waals surface area contributed by atoms with Crippen LogP contribution >= 0.6 is 11.6 Å². The number of benzene rings is 1. The number of piperidine rings is 1. The number of anilines is 1. The average Bonchev–Trinajstić information content (AvgIpc) is 2.80. The van der Waals surface area contributed by atoms with E-state index in [0.717, 1.165) is 74.6 Å². The lowest BCUT2D eigenvalue weighted by atomic mass is 9.92. The van der Waals surface area contributed by atoms with Crippen LogP contribution in [-0.2, 0) is 16.0 Å². The first-order valence-corrected chi connectivity index (χ1v) is 11.4. The number of ketones is 1. The van der Waals surface area contributed by atoms with Crippen LogP contribution in [0.1, 0.15) is 31.4 Å². The molecule has 6 heteroatoms. The summed E-state index contributed by atoms with van der Waals surface area (Å²) in [6.45, 7) is 4.40. The number of carbonyl (C=O) groups is 1. The number of carbonyl (C=O) groups excluding carboxylic acids is 1. The van der Waals surface area contributed by atoms with Crippen molar-refractivity contribution in [2.24, 2.45) is 11.8 Å². The SMILES string of the molecule is O=C(Cc1cc(-c2cccc(NCC3CCCOC3)c2)c(Cl)cn1)[C@@H]1CCCNC1. The van der Waals surface area contributed by atoms with Crippen LogP contribution in [0.5, 0.6) is 0 Å². The summed E-state index contributed by atoms with van der Waals surface area (Å²) in [7, 11) is 0. The summed E-state index contributed by atoms with van der Waals surface area (Å²) >= 11 is 6.47. The maximum atomic E-state index is 12.7. The fraction of sp³-hybridized carbons (Fsp3) is 0.500. The molecule has 2 saturated heterocycles. The average molecular weight is 428 g/mol. The first kappa shape index (κ1) is 21.3. The second-order valence-electron chi connectivity index (χ2n) is 8.39. The molecule has 2 fully saturated rings. The molecule has 3 heterocycles. The van der Waals surface area contributed by atoms with Crippen LogP contribution in [0.25, 0.3) is 11.1 Å². The quantitative estimate of drug-likeness (QED) is 0.687. The minimum Gasteiger partial charge on any atom is -0.385 e. The van der Waals surface area contributed by atoms with E-state index in [0.29, 0.717) is 17.4 Å². The molecule has 4 rings (SSSR count). The molecule has 1 aromatic heterocycles. The summed E-state index contributed by atoms with van der Waals surface area (Å²) < 4.78 is 5.57. The van der Waals surface area contributed by atoms with Crippen molar-refractivity contribution in [1.29, 1.82) is 0 Å². The molecular weight excluding hydrogens is 398 g/mol. The molecule has 0 radical (unpaired) electrons. The van der Waals surface area contributed by atoms with Crippen LogP contribution in [0.2, 0.25) is 5.02 Å². The Morgan fingerprint density at radius 2 is 2.20 bits per heavy atom. The van der Waals surface area contributed by atoms with Gasteiger partial charge in [0.25, 0.3) is 0 Å². The number of aromatic nitrogens is 1. The van der Waals surface area contributed by atoms with Gasteiger partial charge in [-0.3, -0.25) is 9.78 Å². The molecule has 0 bridgehead atoms. The van der Waals surface area contributed by atoms with Gasteiger partial charge in [0.1, 0.15) is 5.78 Å². The summed E-state index contributed by atoms with van der Waals surface area (Å²) in [5, 5.41) is 7.45. The van der Waals surface area contributed by atoms with E-state index >= 15 is 0 Å². The smallest absolute Gasteiger partial charge is 0.143 e. The Morgan fingerprint density at radius 1 is 1.27 bits per heavy atom. The number of halogens is 1. The van der Waals surface area contributed by atoms with E-state index in [1.165, 1.54) is 6.42 Å². The fourth-order valence-electron chi connectivity index (χ4n) is 4.28. The lowest BCUT2D eigenvalue weighted by Crippen LogP contribution is -2.35. The van der Waals surface area contributed by atoms with Crippen molar-refractivity contribution in [3.63, 3.8) is 0 Å². The van der Waals surface area contributed by atoms with Crippen molar-refractivity contribution < 1.29 is 9.53 Å². The molecule has 0 saturated carbocycles. The van der Waals surface area contributed by atoms with E-state index in [-0.39, 0.29) is 11.7 Å². The summed E-state index contributed by atoms with van der Waals surface area (Å²) in [4.78, 5) is 17.1. The molecule has 2 aliphatic heterocycles. The van der Waals surface area contributed by atoms with Gasteiger partial charge < -0.3 is 15.4 Å². The molecular formula is C24H30ClN3O2. The van der Waals surface area contributed by atoms with E-state index in [9.17, 15) is 4.79 Å². The molecule has 5 nitrogen and oxygen atoms in total. The third-order valence-electron chi connectivity index (χ3n) is 6.04. The zero-order chi connectivity index (χ0) is 20.8. The van der Waals surface area contributed by atoms with Crippen molar-refractivity contribution in [2.45, 2.75) is 32.1 Å². The zero-order valence-electron chi connectivity index (χ0n) is 17.3. The molecule has 1 aromatic carbocycles. The zero-order valence-corrected chi connectivity index (χ0v) is 18.1. The molecule has 0 aliphatic carbocycles. The van der Waals surface area contributed by atoms with Crippen molar-refractivity contribution >= 4 is 23.1 Å². The molecule has 2 N–H and O–H groups in total. The molecule has 2 aliphatic rings. The summed E-state index contributed by atoms with van der Waals surface area (Å²) in [5.41, 5.74) is 3.79.